The number of esters is 1. The monoisotopic (exact) mass is 255 g/mol. The fourth-order valence-electron chi connectivity index (χ4n) is 1.72. The predicted molar refractivity (Wildman–Crippen MR) is 71.0 cm³/mol. The molecule has 4 nitrogen and oxygen atoms in total. The third-order valence-corrected chi connectivity index (χ3v) is 2.60. The summed E-state index contributed by atoms with van der Waals surface area (Å²) in [5, 5.41) is 0. The maximum atomic E-state index is 11.7. The minimum Gasteiger partial charge on any atom is -0.462 e. The van der Waals surface area contributed by atoms with Crippen LogP contribution in [0.5, 0.6) is 0 Å². The highest BCUT2D eigenvalue weighted by atomic mass is 16.5. The highest BCUT2D eigenvalue weighted by Crippen LogP contribution is 2.18. The Labute approximate surface area is 111 Å². The van der Waals surface area contributed by atoms with Gasteiger partial charge in [-0.15, -0.1) is 0 Å². The summed E-state index contributed by atoms with van der Waals surface area (Å²) in [6.45, 7) is 1.97. The smallest absolute Gasteiger partial charge is 0.340 e. The largest absolute Gasteiger partial charge is 0.462 e. The molecule has 0 spiro atoms. The molecule has 0 saturated heterocycles. The molecule has 96 valence electrons. The number of pyridine rings is 1. The third kappa shape index (κ3) is 2.85. The first-order chi connectivity index (χ1) is 9.26. The second kappa shape index (κ2) is 5.91. The molecule has 0 atom stereocenters. The van der Waals surface area contributed by atoms with E-state index < -0.39 is 5.97 Å². The second-order valence-electron chi connectivity index (χ2n) is 3.83. The summed E-state index contributed by atoms with van der Waals surface area (Å²) in [5.74, 6) is -0.531. The lowest BCUT2D eigenvalue weighted by atomic mass is 10.1. The Morgan fingerprint density at radius 1 is 1.21 bits per heavy atom. The van der Waals surface area contributed by atoms with Gasteiger partial charge in [-0.2, -0.15) is 0 Å². The summed E-state index contributed by atoms with van der Waals surface area (Å²) in [4.78, 5) is 26.9. The van der Waals surface area contributed by atoms with Crippen molar-refractivity contribution in [2.75, 3.05) is 6.61 Å². The van der Waals surface area contributed by atoms with Gasteiger partial charge in [0.05, 0.1) is 17.9 Å². The van der Waals surface area contributed by atoms with Gasteiger partial charge in [-0.05, 0) is 19.1 Å². The maximum Gasteiger partial charge on any atom is 0.340 e. The van der Waals surface area contributed by atoms with Gasteiger partial charge in [0, 0.05) is 5.56 Å². The Hall–Kier alpha value is -2.49. The van der Waals surface area contributed by atoms with Gasteiger partial charge in [0.1, 0.15) is 5.69 Å². The van der Waals surface area contributed by atoms with Crippen molar-refractivity contribution in [2.45, 2.75) is 6.92 Å². The van der Waals surface area contributed by atoms with Gasteiger partial charge in [-0.3, -0.25) is 4.79 Å². The van der Waals surface area contributed by atoms with Gasteiger partial charge < -0.3 is 4.74 Å². The fraction of sp³-hybridized carbons (Fsp3) is 0.133. The van der Waals surface area contributed by atoms with Crippen molar-refractivity contribution in [3.8, 4) is 11.3 Å². The van der Waals surface area contributed by atoms with Crippen LogP contribution in [0.4, 0.5) is 0 Å². The SMILES string of the molecule is CCOC(=O)c1ccc(-c2ccccc2)nc1C=O. The molecule has 2 rings (SSSR count). The summed E-state index contributed by atoms with van der Waals surface area (Å²) in [5.41, 5.74) is 1.83. The number of rotatable bonds is 4. The summed E-state index contributed by atoms with van der Waals surface area (Å²) >= 11 is 0. The number of hydrogen-bond donors (Lipinski definition) is 0. The van der Waals surface area contributed by atoms with Gasteiger partial charge in [-0.25, -0.2) is 9.78 Å². The van der Waals surface area contributed by atoms with Crippen molar-refractivity contribution in [3.63, 3.8) is 0 Å². The van der Waals surface area contributed by atoms with E-state index in [2.05, 4.69) is 4.98 Å². The number of benzene rings is 1. The van der Waals surface area contributed by atoms with E-state index in [4.69, 9.17) is 4.74 Å². The molecule has 0 aliphatic heterocycles. The molecular formula is C15H13NO3. The van der Waals surface area contributed by atoms with Crippen molar-refractivity contribution in [1.82, 2.24) is 4.98 Å². The molecule has 0 fully saturated rings. The van der Waals surface area contributed by atoms with Crippen LogP contribution in [0.3, 0.4) is 0 Å². The zero-order valence-electron chi connectivity index (χ0n) is 10.5. The summed E-state index contributed by atoms with van der Waals surface area (Å²) in [6, 6.07) is 12.7. The van der Waals surface area contributed by atoms with E-state index in [1.165, 1.54) is 0 Å². The Kier molecular flexibility index (Phi) is 4.03. The zero-order chi connectivity index (χ0) is 13.7. The summed E-state index contributed by atoms with van der Waals surface area (Å²) < 4.78 is 4.88. The average Bonchev–Trinajstić information content (AvgIpc) is 2.47. The molecule has 1 aromatic carbocycles. The first kappa shape index (κ1) is 13.0. The quantitative estimate of drug-likeness (QED) is 0.622. The van der Waals surface area contributed by atoms with E-state index in [0.717, 1.165) is 5.56 Å². The van der Waals surface area contributed by atoms with Crippen molar-refractivity contribution < 1.29 is 14.3 Å². The first-order valence-electron chi connectivity index (χ1n) is 5.95. The zero-order valence-corrected chi connectivity index (χ0v) is 10.5. The fourth-order valence-corrected chi connectivity index (χ4v) is 1.72. The van der Waals surface area contributed by atoms with Crippen LogP contribution in [0.2, 0.25) is 0 Å². The van der Waals surface area contributed by atoms with Crippen molar-refractivity contribution in [2.24, 2.45) is 0 Å². The maximum absolute atomic E-state index is 11.7. The molecular weight excluding hydrogens is 242 g/mol. The van der Waals surface area contributed by atoms with Crippen molar-refractivity contribution >= 4 is 12.3 Å². The molecule has 0 bridgehead atoms. The highest BCUT2D eigenvalue weighted by Gasteiger charge is 2.14. The van der Waals surface area contributed by atoms with Gasteiger partial charge in [0.15, 0.2) is 6.29 Å². The van der Waals surface area contributed by atoms with E-state index in [0.29, 0.717) is 12.0 Å². The minimum absolute atomic E-state index is 0.0970. The molecule has 0 radical (unpaired) electrons. The van der Waals surface area contributed by atoms with Crippen molar-refractivity contribution in [3.05, 3.63) is 53.7 Å². The predicted octanol–water partition coefficient (Wildman–Crippen LogP) is 2.74. The number of aldehydes is 1. The standard InChI is InChI=1S/C15H13NO3/c1-2-19-15(18)12-8-9-13(16-14(12)10-17)11-6-4-3-5-7-11/h3-10H,2H2,1H3. The first-order valence-corrected chi connectivity index (χ1v) is 5.95. The summed E-state index contributed by atoms with van der Waals surface area (Å²) in [6.07, 6.45) is 0.568. The van der Waals surface area contributed by atoms with E-state index in [1.807, 2.05) is 30.3 Å². The van der Waals surface area contributed by atoms with Crippen LogP contribution < -0.4 is 0 Å². The average molecular weight is 255 g/mol. The molecule has 0 N–H and O–H groups in total. The molecule has 0 amide bonds. The minimum atomic E-state index is -0.531. The molecule has 0 aliphatic rings. The van der Waals surface area contributed by atoms with Crippen LogP contribution in [-0.4, -0.2) is 23.8 Å². The van der Waals surface area contributed by atoms with E-state index in [9.17, 15) is 9.59 Å². The van der Waals surface area contributed by atoms with E-state index >= 15 is 0 Å². The highest BCUT2D eigenvalue weighted by molar-refractivity contribution is 5.97. The molecule has 2 aromatic rings. The molecule has 19 heavy (non-hydrogen) atoms. The Balaban J connectivity index is 2.42. The lowest BCUT2D eigenvalue weighted by Crippen LogP contribution is -2.09. The number of carbonyl (C=O) groups excluding carboxylic acids is 2. The molecule has 1 aromatic heterocycles. The second-order valence-corrected chi connectivity index (χ2v) is 3.83. The number of aromatic nitrogens is 1. The normalized spacial score (nSPS) is 9.95. The van der Waals surface area contributed by atoms with Crippen LogP contribution in [0.25, 0.3) is 11.3 Å². The number of carbonyl (C=O) groups is 2. The summed E-state index contributed by atoms with van der Waals surface area (Å²) in [7, 11) is 0. The topological polar surface area (TPSA) is 56.3 Å². The Bertz CT molecular complexity index is 594. The molecule has 0 saturated carbocycles. The van der Waals surface area contributed by atoms with E-state index in [1.54, 1.807) is 19.1 Å². The third-order valence-electron chi connectivity index (χ3n) is 2.60. The van der Waals surface area contributed by atoms with E-state index in [-0.39, 0.29) is 17.9 Å². The molecule has 0 unspecified atom stereocenters. The van der Waals surface area contributed by atoms with Crippen LogP contribution in [-0.2, 0) is 4.74 Å². The van der Waals surface area contributed by atoms with Gasteiger partial charge in [-0.1, -0.05) is 30.3 Å². The van der Waals surface area contributed by atoms with Crippen LogP contribution in [0, 0.1) is 0 Å². The molecule has 4 heteroatoms. The number of hydrogen-bond acceptors (Lipinski definition) is 4. The van der Waals surface area contributed by atoms with Gasteiger partial charge >= 0.3 is 5.97 Å². The lowest BCUT2D eigenvalue weighted by Gasteiger charge is -2.06. The number of nitrogens with zero attached hydrogens (tertiary/aromatic N) is 1. The van der Waals surface area contributed by atoms with Gasteiger partial charge in [0.25, 0.3) is 0 Å². The van der Waals surface area contributed by atoms with Crippen LogP contribution in [0.15, 0.2) is 42.5 Å². The lowest BCUT2D eigenvalue weighted by molar-refractivity contribution is 0.0523. The van der Waals surface area contributed by atoms with Gasteiger partial charge in [0.2, 0.25) is 0 Å². The van der Waals surface area contributed by atoms with Crippen molar-refractivity contribution in [1.29, 1.82) is 0 Å². The Morgan fingerprint density at radius 2 is 1.95 bits per heavy atom. The number of ether oxygens (including phenoxy) is 1. The molecule has 0 aliphatic carbocycles. The molecule has 1 heterocycles. The Morgan fingerprint density at radius 3 is 2.58 bits per heavy atom. The van der Waals surface area contributed by atoms with Crippen LogP contribution >= 0.6 is 0 Å². The van der Waals surface area contributed by atoms with Crippen LogP contribution in [0.1, 0.15) is 27.8 Å².